The third-order valence-electron chi connectivity index (χ3n) is 3.42. The number of ether oxygens (including phenoxy) is 1. The van der Waals surface area contributed by atoms with Crippen LogP contribution in [0.25, 0.3) is 0 Å². The van der Waals surface area contributed by atoms with E-state index in [1.807, 2.05) is 6.07 Å². The van der Waals surface area contributed by atoms with Gasteiger partial charge in [0.15, 0.2) is 0 Å². The van der Waals surface area contributed by atoms with Gasteiger partial charge in [0.2, 0.25) is 0 Å². The van der Waals surface area contributed by atoms with Gasteiger partial charge in [0, 0.05) is 20.7 Å². The second-order valence-corrected chi connectivity index (χ2v) is 6.67. The van der Waals surface area contributed by atoms with Gasteiger partial charge in [0.1, 0.15) is 12.4 Å². The van der Waals surface area contributed by atoms with E-state index in [4.69, 9.17) is 16.3 Å². The Bertz CT molecular complexity index is 900. The van der Waals surface area contributed by atoms with E-state index in [-0.39, 0.29) is 0 Å². The third kappa shape index (κ3) is 5.94. The van der Waals surface area contributed by atoms with Crippen LogP contribution in [0.3, 0.4) is 0 Å². The quantitative estimate of drug-likeness (QED) is 0.301. The molecule has 0 bridgehead atoms. The van der Waals surface area contributed by atoms with Crippen LogP contribution in [0.2, 0.25) is 5.02 Å². The average molecular weight is 451 g/mol. The zero-order chi connectivity index (χ0) is 19.8. The zero-order valence-electron chi connectivity index (χ0n) is 14.5. The van der Waals surface area contributed by atoms with Crippen LogP contribution in [0.1, 0.15) is 11.1 Å². The van der Waals surface area contributed by atoms with Gasteiger partial charge in [-0.15, -0.1) is 0 Å². The summed E-state index contributed by atoms with van der Waals surface area (Å²) in [6, 6.07) is 10.4. The van der Waals surface area contributed by atoms with E-state index < -0.39 is 11.8 Å². The van der Waals surface area contributed by atoms with Crippen molar-refractivity contribution < 1.29 is 14.3 Å². The molecule has 140 valence electrons. The molecular formula is C19H17BrClN3O3. The van der Waals surface area contributed by atoms with Crippen molar-refractivity contribution in [2.75, 3.05) is 11.9 Å². The van der Waals surface area contributed by atoms with Gasteiger partial charge in [-0.1, -0.05) is 46.3 Å². The molecule has 0 aliphatic heterocycles. The lowest BCUT2D eigenvalue weighted by atomic mass is 10.2. The monoisotopic (exact) mass is 449 g/mol. The molecule has 27 heavy (non-hydrogen) atoms. The Morgan fingerprint density at radius 3 is 2.81 bits per heavy atom. The van der Waals surface area contributed by atoms with Crippen molar-refractivity contribution in [3.05, 3.63) is 69.7 Å². The number of hydrazone groups is 1. The normalized spacial score (nSPS) is 10.5. The van der Waals surface area contributed by atoms with Crippen LogP contribution >= 0.6 is 27.5 Å². The molecule has 0 unspecified atom stereocenters. The highest BCUT2D eigenvalue weighted by atomic mass is 79.9. The number of amides is 2. The lowest BCUT2D eigenvalue weighted by molar-refractivity contribution is -0.136. The third-order valence-corrected chi connectivity index (χ3v) is 4.32. The van der Waals surface area contributed by atoms with Gasteiger partial charge in [-0.25, -0.2) is 5.43 Å². The number of nitrogens with one attached hydrogen (secondary N) is 2. The summed E-state index contributed by atoms with van der Waals surface area (Å²) in [5.74, 6) is -1.20. The first-order chi connectivity index (χ1) is 12.9. The van der Waals surface area contributed by atoms with Crippen LogP contribution < -0.4 is 15.5 Å². The van der Waals surface area contributed by atoms with Crippen molar-refractivity contribution in [3.63, 3.8) is 0 Å². The summed E-state index contributed by atoms with van der Waals surface area (Å²) in [4.78, 5) is 23.9. The molecule has 0 heterocycles. The molecule has 2 N–H and O–H groups in total. The van der Waals surface area contributed by atoms with Gasteiger partial charge >= 0.3 is 11.8 Å². The summed E-state index contributed by atoms with van der Waals surface area (Å²) >= 11 is 9.35. The van der Waals surface area contributed by atoms with E-state index in [2.05, 4.69) is 38.4 Å². The van der Waals surface area contributed by atoms with Crippen LogP contribution in [0.5, 0.6) is 5.75 Å². The molecule has 2 amide bonds. The minimum atomic E-state index is -0.908. The van der Waals surface area contributed by atoms with E-state index >= 15 is 0 Å². The van der Waals surface area contributed by atoms with E-state index in [0.29, 0.717) is 34.2 Å². The Morgan fingerprint density at radius 1 is 1.30 bits per heavy atom. The van der Waals surface area contributed by atoms with E-state index in [1.54, 1.807) is 43.3 Å². The second-order valence-electron chi connectivity index (χ2n) is 5.35. The van der Waals surface area contributed by atoms with Crippen molar-refractivity contribution >= 4 is 51.2 Å². The number of halogens is 2. The Kier molecular flexibility index (Phi) is 7.57. The summed E-state index contributed by atoms with van der Waals surface area (Å²) in [5, 5.41) is 6.80. The number of hydrogen-bond donors (Lipinski definition) is 2. The van der Waals surface area contributed by atoms with E-state index in [0.717, 1.165) is 4.47 Å². The Morgan fingerprint density at radius 2 is 2.07 bits per heavy atom. The maximum absolute atomic E-state index is 12.0. The van der Waals surface area contributed by atoms with Crippen molar-refractivity contribution in [2.24, 2.45) is 5.10 Å². The fourth-order valence-electron chi connectivity index (χ4n) is 2.03. The minimum Gasteiger partial charge on any atom is -0.489 e. The van der Waals surface area contributed by atoms with Crippen molar-refractivity contribution in [3.8, 4) is 5.75 Å². The number of benzene rings is 2. The molecule has 2 rings (SSSR count). The number of nitrogens with zero attached hydrogens (tertiary/aromatic N) is 1. The molecule has 0 atom stereocenters. The molecule has 0 saturated carbocycles. The number of hydrogen-bond acceptors (Lipinski definition) is 4. The molecule has 0 fully saturated rings. The molecule has 0 spiro atoms. The van der Waals surface area contributed by atoms with Gasteiger partial charge in [0.25, 0.3) is 0 Å². The summed E-state index contributed by atoms with van der Waals surface area (Å²) in [7, 11) is 0. The molecule has 0 saturated heterocycles. The maximum Gasteiger partial charge on any atom is 0.329 e. The largest absolute Gasteiger partial charge is 0.489 e. The summed E-state index contributed by atoms with van der Waals surface area (Å²) in [6.45, 7) is 5.67. The van der Waals surface area contributed by atoms with Crippen LogP contribution in [0.15, 0.2) is 58.6 Å². The average Bonchev–Trinajstić information content (AvgIpc) is 2.64. The van der Waals surface area contributed by atoms with E-state index in [1.165, 1.54) is 6.21 Å². The number of carbonyl (C=O) groups excluding carboxylic acids is 2. The number of rotatable bonds is 6. The molecule has 8 heteroatoms. The Labute approximate surface area is 170 Å². The first-order valence-electron chi connectivity index (χ1n) is 7.85. The smallest absolute Gasteiger partial charge is 0.329 e. The van der Waals surface area contributed by atoms with Gasteiger partial charge < -0.3 is 10.1 Å². The highest BCUT2D eigenvalue weighted by Gasteiger charge is 2.14. The lowest BCUT2D eigenvalue weighted by Crippen LogP contribution is -2.32. The van der Waals surface area contributed by atoms with Crippen LogP contribution in [-0.2, 0) is 9.59 Å². The Balaban J connectivity index is 2.02. The summed E-state index contributed by atoms with van der Waals surface area (Å²) in [6.07, 6.45) is 3.01. The van der Waals surface area contributed by atoms with Crippen molar-refractivity contribution in [1.29, 1.82) is 0 Å². The molecule has 0 aliphatic rings. The molecule has 6 nitrogen and oxygen atoms in total. The zero-order valence-corrected chi connectivity index (χ0v) is 16.8. The lowest BCUT2D eigenvalue weighted by Gasteiger charge is -2.09. The van der Waals surface area contributed by atoms with Gasteiger partial charge in [0.05, 0.1) is 6.21 Å². The predicted octanol–water partition coefficient (Wildman–Crippen LogP) is 4.06. The highest BCUT2D eigenvalue weighted by Crippen LogP contribution is 2.23. The highest BCUT2D eigenvalue weighted by molar-refractivity contribution is 9.10. The van der Waals surface area contributed by atoms with Gasteiger partial charge in [-0.3, -0.25) is 9.59 Å². The van der Waals surface area contributed by atoms with Crippen molar-refractivity contribution in [1.82, 2.24) is 5.43 Å². The predicted molar refractivity (Wildman–Crippen MR) is 110 cm³/mol. The summed E-state index contributed by atoms with van der Waals surface area (Å²) in [5.41, 5.74) is 3.93. The first kappa shape index (κ1) is 20.7. The molecule has 0 radical (unpaired) electrons. The minimum absolute atomic E-state index is 0.330. The summed E-state index contributed by atoms with van der Waals surface area (Å²) < 4.78 is 6.33. The molecule has 0 aliphatic carbocycles. The number of anilines is 1. The fraction of sp³-hybridized carbons (Fsp3) is 0.105. The molecule has 0 aromatic heterocycles. The van der Waals surface area contributed by atoms with Crippen LogP contribution in [0, 0.1) is 6.92 Å². The van der Waals surface area contributed by atoms with Crippen LogP contribution in [-0.4, -0.2) is 24.6 Å². The molecule has 2 aromatic rings. The standard InChI is InChI=1S/C19H17BrClN3O3/c1-3-9-27-17-8-7-14(20)10-13(17)11-22-24-19(26)18(25)23-16-6-4-5-15(21)12(16)2/h3-8,10-11H,1,9H2,2H3,(H,23,25)(H,24,26). The molecule has 2 aromatic carbocycles. The maximum atomic E-state index is 12.0. The number of carbonyl (C=O) groups is 2. The van der Waals surface area contributed by atoms with Crippen LogP contribution in [0.4, 0.5) is 5.69 Å². The van der Waals surface area contributed by atoms with Gasteiger partial charge in [-0.05, 0) is 42.8 Å². The topological polar surface area (TPSA) is 79.8 Å². The Hall–Kier alpha value is -2.64. The van der Waals surface area contributed by atoms with Gasteiger partial charge in [-0.2, -0.15) is 5.10 Å². The van der Waals surface area contributed by atoms with E-state index in [9.17, 15) is 9.59 Å². The molecular weight excluding hydrogens is 434 g/mol. The SMILES string of the molecule is C=CCOc1ccc(Br)cc1C=NNC(=O)C(=O)Nc1cccc(Cl)c1C. The first-order valence-corrected chi connectivity index (χ1v) is 9.02. The van der Waals surface area contributed by atoms with Crippen molar-refractivity contribution in [2.45, 2.75) is 6.92 Å². The fourth-order valence-corrected chi connectivity index (χ4v) is 2.59. The second kappa shape index (κ2) is 9.89.